The van der Waals surface area contributed by atoms with E-state index in [9.17, 15) is 9.59 Å². The molecule has 4 nitrogen and oxygen atoms in total. The maximum absolute atomic E-state index is 12.1. The van der Waals surface area contributed by atoms with E-state index in [2.05, 4.69) is 11.9 Å². The van der Waals surface area contributed by atoms with Crippen LogP contribution in [0.15, 0.2) is 35.1 Å². The Morgan fingerprint density at radius 1 is 1.30 bits per heavy atom. The number of hydrogen-bond donors (Lipinski definition) is 1. The zero-order valence-electron chi connectivity index (χ0n) is 12.0. The van der Waals surface area contributed by atoms with Crippen molar-refractivity contribution in [1.82, 2.24) is 9.88 Å². The lowest BCUT2D eigenvalue weighted by Crippen LogP contribution is -2.31. The first-order chi connectivity index (χ1) is 9.61. The lowest BCUT2D eigenvalue weighted by atomic mass is 10.1. The van der Waals surface area contributed by atoms with Crippen molar-refractivity contribution in [2.24, 2.45) is 0 Å². The third-order valence-corrected chi connectivity index (χ3v) is 3.42. The van der Waals surface area contributed by atoms with Crippen LogP contribution in [-0.2, 0) is 11.3 Å². The van der Waals surface area contributed by atoms with Gasteiger partial charge >= 0.3 is 0 Å². The third kappa shape index (κ3) is 3.26. The fourth-order valence-corrected chi connectivity index (χ4v) is 2.21. The van der Waals surface area contributed by atoms with Crippen LogP contribution in [0.4, 0.5) is 0 Å². The number of benzene rings is 1. The molecule has 20 heavy (non-hydrogen) atoms. The minimum atomic E-state index is -0.119. The Hall–Kier alpha value is -2.10. The molecule has 1 aromatic carbocycles. The first-order valence-corrected chi connectivity index (χ1v) is 6.98. The molecule has 0 bridgehead atoms. The molecular weight excluding hydrogens is 252 g/mol. The highest BCUT2D eigenvalue weighted by Gasteiger charge is 2.11. The molecule has 0 saturated heterocycles. The number of carbonyl (C=O) groups excluding carboxylic acids is 1. The van der Waals surface area contributed by atoms with Crippen LogP contribution in [0.5, 0.6) is 0 Å². The number of pyridine rings is 1. The van der Waals surface area contributed by atoms with Gasteiger partial charge in [0.25, 0.3) is 5.56 Å². The van der Waals surface area contributed by atoms with E-state index in [1.807, 2.05) is 30.3 Å². The number of nitrogens with zero attached hydrogens (tertiary/aromatic N) is 1. The molecule has 0 saturated carbocycles. The molecule has 1 N–H and O–H groups in total. The van der Waals surface area contributed by atoms with E-state index in [4.69, 9.17) is 0 Å². The molecule has 1 aromatic heterocycles. The van der Waals surface area contributed by atoms with Crippen molar-refractivity contribution in [1.29, 1.82) is 0 Å². The normalized spacial score (nSPS) is 10.7. The fraction of sp³-hybridized carbons (Fsp3) is 0.375. The van der Waals surface area contributed by atoms with Crippen LogP contribution < -0.4 is 5.56 Å². The molecule has 0 radical (unpaired) electrons. The standard InChI is InChI=1S/C16H20N2O2/c1-3-4-9-18(12(2)19)11-14-10-13-7-5-6-8-15(13)17-16(14)20/h5-8,10H,3-4,9,11H2,1-2H3,(H,17,20). The molecule has 0 spiro atoms. The van der Waals surface area contributed by atoms with Crippen molar-refractivity contribution >= 4 is 16.8 Å². The monoisotopic (exact) mass is 272 g/mol. The second-order valence-electron chi connectivity index (χ2n) is 5.01. The van der Waals surface area contributed by atoms with E-state index in [0.29, 0.717) is 18.7 Å². The van der Waals surface area contributed by atoms with Gasteiger partial charge in [-0.15, -0.1) is 0 Å². The van der Waals surface area contributed by atoms with Gasteiger partial charge in [0.2, 0.25) is 5.91 Å². The average molecular weight is 272 g/mol. The predicted molar refractivity (Wildman–Crippen MR) is 80.6 cm³/mol. The largest absolute Gasteiger partial charge is 0.338 e. The van der Waals surface area contributed by atoms with Crippen LogP contribution in [0.25, 0.3) is 10.9 Å². The lowest BCUT2D eigenvalue weighted by molar-refractivity contribution is -0.129. The Morgan fingerprint density at radius 2 is 2.05 bits per heavy atom. The maximum Gasteiger partial charge on any atom is 0.253 e. The highest BCUT2D eigenvalue weighted by molar-refractivity contribution is 5.79. The van der Waals surface area contributed by atoms with Gasteiger partial charge in [-0.25, -0.2) is 0 Å². The smallest absolute Gasteiger partial charge is 0.253 e. The van der Waals surface area contributed by atoms with Gasteiger partial charge in [0.15, 0.2) is 0 Å². The number of unbranched alkanes of at least 4 members (excludes halogenated alkanes) is 1. The van der Waals surface area contributed by atoms with E-state index in [-0.39, 0.29) is 11.5 Å². The van der Waals surface area contributed by atoms with Gasteiger partial charge in [-0.2, -0.15) is 0 Å². The van der Waals surface area contributed by atoms with Gasteiger partial charge in [0.1, 0.15) is 0 Å². The Balaban J connectivity index is 2.29. The Morgan fingerprint density at radius 3 is 2.75 bits per heavy atom. The van der Waals surface area contributed by atoms with E-state index in [1.165, 1.54) is 0 Å². The van der Waals surface area contributed by atoms with E-state index >= 15 is 0 Å². The summed E-state index contributed by atoms with van der Waals surface area (Å²) < 4.78 is 0. The second kappa shape index (κ2) is 6.37. The van der Waals surface area contributed by atoms with Crippen LogP contribution in [-0.4, -0.2) is 22.3 Å². The molecule has 0 aliphatic heterocycles. The summed E-state index contributed by atoms with van der Waals surface area (Å²) in [4.78, 5) is 28.3. The van der Waals surface area contributed by atoms with Crippen molar-refractivity contribution in [3.8, 4) is 0 Å². The summed E-state index contributed by atoms with van der Waals surface area (Å²) in [6.45, 7) is 4.69. The number of H-pyrrole nitrogens is 1. The lowest BCUT2D eigenvalue weighted by Gasteiger charge is -2.20. The predicted octanol–water partition coefficient (Wildman–Crippen LogP) is 2.68. The maximum atomic E-state index is 12.1. The minimum Gasteiger partial charge on any atom is -0.338 e. The van der Waals surface area contributed by atoms with E-state index in [0.717, 1.165) is 23.7 Å². The summed E-state index contributed by atoms with van der Waals surface area (Å²) >= 11 is 0. The molecule has 2 aromatic rings. The van der Waals surface area contributed by atoms with Crippen molar-refractivity contribution < 1.29 is 4.79 Å². The Labute approximate surface area is 118 Å². The summed E-state index contributed by atoms with van der Waals surface area (Å²) in [7, 11) is 0. The number of hydrogen-bond acceptors (Lipinski definition) is 2. The highest BCUT2D eigenvalue weighted by atomic mass is 16.2. The molecule has 106 valence electrons. The Bertz CT molecular complexity index is 661. The number of rotatable bonds is 5. The molecule has 0 aliphatic rings. The number of para-hydroxylation sites is 1. The van der Waals surface area contributed by atoms with E-state index < -0.39 is 0 Å². The van der Waals surface area contributed by atoms with Crippen LogP contribution in [0.2, 0.25) is 0 Å². The van der Waals surface area contributed by atoms with Gasteiger partial charge in [-0.3, -0.25) is 9.59 Å². The zero-order chi connectivity index (χ0) is 14.5. The van der Waals surface area contributed by atoms with Crippen molar-refractivity contribution in [2.45, 2.75) is 33.2 Å². The quantitative estimate of drug-likeness (QED) is 0.909. The van der Waals surface area contributed by atoms with Gasteiger partial charge in [-0.05, 0) is 23.9 Å². The molecule has 0 unspecified atom stereocenters. The van der Waals surface area contributed by atoms with Crippen molar-refractivity contribution in [3.63, 3.8) is 0 Å². The molecule has 4 heteroatoms. The molecule has 1 amide bonds. The van der Waals surface area contributed by atoms with Crippen molar-refractivity contribution in [3.05, 3.63) is 46.2 Å². The molecule has 0 fully saturated rings. The molecular formula is C16H20N2O2. The average Bonchev–Trinajstić information content (AvgIpc) is 2.43. The van der Waals surface area contributed by atoms with Crippen LogP contribution in [0.3, 0.4) is 0 Å². The molecule has 0 atom stereocenters. The fourth-order valence-electron chi connectivity index (χ4n) is 2.21. The summed E-state index contributed by atoms with van der Waals surface area (Å²) in [6.07, 6.45) is 1.98. The molecule has 1 heterocycles. The summed E-state index contributed by atoms with van der Waals surface area (Å²) in [6, 6.07) is 9.53. The number of amides is 1. The SMILES string of the molecule is CCCCN(Cc1cc2ccccc2[nH]c1=O)C(C)=O. The summed E-state index contributed by atoms with van der Waals surface area (Å²) in [5, 5.41) is 0.987. The summed E-state index contributed by atoms with van der Waals surface area (Å²) in [5.74, 6) is 0.00556. The first kappa shape index (κ1) is 14.3. The zero-order valence-corrected chi connectivity index (χ0v) is 12.0. The van der Waals surface area contributed by atoms with Crippen LogP contribution >= 0.6 is 0 Å². The third-order valence-electron chi connectivity index (χ3n) is 3.42. The highest BCUT2D eigenvalue weighted by Crippen LogP contribution is 2.11. The molecule has 2 rings (SSSR count). The second-order valence-corrected chi connectivity index (χ2v) is 5.01. The van der Waals surface area contributed by atoms with Crippen LogP contribution in [0, 0.1) is 0 Å². The number of fused-ring (bicyclic) bond motifs is 1. The number of carbonyl (C=O) groups is 1. The van der Waals surface area contributed by atoms with Gasteiger partial charge in [0.05, 0.1) is 6.54 Å². The van der Waals surface area contributed by atoms with Gasteiger partial charge in [0, 0.05) is 24.5 Å². The number of aromatic amines is 1. The van der Waals surface area contributed by atoms with Crippen LogP contribution in [0.1, 0.15) is 32.3 Å². The first-order valence-electron chi connectivity index (χ1n) is 6.98. The minimum absolute atomic E-state index is 0.00556. The topological polar surface area (TPSA) is 53.2 Å². The number of aromatic nitrogens is 1. The van der Waals surface area contributed by atoms with Gasteiger partial charge < -0.3 is 9.88 Å². The van der Waals surface area contributed by atoms with Crippen molar-refractivity contribution in [2.75, 3.05) is 6.54 Å². The Kier molecular flexibility index (Phi) is 4.56. The molecule has 0 aliphatic carbocycles. The summed E-state index contributed by atoms with van der Waals surface area (Å²) in [5.41, 5.74) is 1.34. The number of nitrogens with one attached hydrogen (secondary N) is 1. The van der Waals surface area contributed by atoms with Gasteiger partial charge in [-0.1, -0.05) is 31.5 Å². The van der Waals surface area contributed by atoms with E-state index in [1.54, 1.807) is 11.8 Å².